The van der Waals surface area contributed by atoms with Gasteiger partial charge in [-0.3, -0.25) is 0 Å². The van der Waals surface area contributed by atoms with Gasteiger partial charge in [-0.25, -0.2) is 0 Å². The van der Waals surface area contributed by atoms with E-state index < -0.39 is 0 Å². The first-order chi connectivity index (χ1) is 7.74. The van der Waals surface area contributed by atoms with Crippen LogP contribution in [-0.2, 0) is 6.42 Å². The highest BCUT2D eigenvalue weighted by Crippen LogP contribution is 2.35. The number of hydrogen-bond acceptors (Lipinski definition) is 2. The van der Waals surface area contributed by atoms with Crippen molar-refractivity contribution in [1.82, 2.24) is 0 Å². The zero-order valence-electron chi connectivity index (χ0n) is 9.95. The van der Waals surface area contributed by atoms with Crippen LogP contribution in [0, 0.1) is 5.92 Å². The van der Waals surface area contributed by atoms with E-state index in [1.165, 1.54) is 49.2 Å². The minimum atomic E-state index is 0.155. The first-order valence-corrected chi connectivity index (χ1v) is 6.37. The molecule has 0 spiro atoms. The predicted molar refractivity (Wildman–Crippen MR) is 67.7 cm³/mol. The maximum absolute atomic E-state index is 5.92. The second-order valence-corrected chi connectivity index (χ2v) is 5.32. The quantitative estimate of drug-likeness (QED) is 0.841. The minimum absolute atomic E-state index is 0.155. The maximum atomic E-state index is 5.92. The summed E-state index contributed by atoms with van der Waals surface area (Å²) in [6.07, 6.45) is 4.07. The Balaban J connectivity index is 1.83. The molecule has 2 N–H and O–H groups in total. The van der Waals surface area contributed by atoms with Gasteiger partial charge in [0.15, 0.2) is 0 Å². The Kier molecular flexibility index (Phi) is 2.40. The molecule has 0 saturated heterocycles. The van der Waals surface area contributed by atoms with Gasteiger partial charge in [-0.1, -0.05) is 12.1 Å². The molecule has 1 aromatic carbocycles. The zero-order chi connectivity index (χ0) is 11.1. The van der Waals surface area contributed by atoms with Gasteiger partial charge < -0.3 is 10.6 Å². The number of rotatable bonds is 3. The first-order valence-electron chi connectivity index (χ1n) is 6.37. The Morgan fingerprint density at radius 3 is 2.94 bits per heavy atom. The molecule has 0 bridgehead atoms. The van der Waals surface area contributed by atoms with Crippen molar-refractivity contribution in [3.8, 4) is 0 Å². The average molecular weight is 216 g/mol. The van der Waals surface area contributed by atoms with Crippen molar-refractivity contribution < 1.29 is 0 Å². The van der Waals surface area contributed by atoms with Gasteiger partial charge in [0.05, 0.1) is 0 Å². The lowest BCUT2D eigenvalue weighted by Gasteiger charge is -2.19. The van der Waals surface area contributed by atoms with Crippen LogP contribution in [0.25, 0.3) is 0 Å². The highest BCUT2D eigenvalue weighted by atomic mass is 15.2. The fourth-order valence-electron chi connectivity index (χ4n) is 2.57. The molecule has 0 radical (unpaired) electrons. The monoisotopic (exact) mass is 216 g/mol. The summed E-state index contributed by atoms with van der Waals surface area (Å²) in [5.41, 5.74) is 10.1. The molecule has 1 unspecified atom stereocenters. The molecule has 1 atom stereocenters. The summed E-state index contributed by atoms with van der Waals surface area (Å²) in [6, 6.07) is 6.91. The molecular weight excluding hydrogens is 196 g/mol. The molecule has 2 heteroatoms. The van der Waals surface area contributed by atoms with Crippen molar-refractivity contribution in [3.63, 3.8) is 0 Å². The van der Waals surface area contributed by atoms with Gasteiger partial charge >= 0.3 is 0 Å². The van der Waals surface area contributed by atoms with Crippen molar-refractivity contribution in [2.45, 2.75) is 32.2 Å². The maximum Gasteiger partial charge on any atom is 0.0399 e. The summed E-state index contributed by atoms with van der Waals surface area (Å²) >= 11 is 0. The summed E-state index contributed by atoms with van der Waals surface area (Å²) < 4.78 is 0. The molecule has 1 aromatic rings. The fraction of sp³-hybridized carbons (Fsp3) is 0.571. The Morgan fingerprint density at radius 2 is 2.25 bits per heavy atom. The number of fused-ring (bicyclic) bond motifs is 1. The van der Waals surface area contributed by atoms with Crippen LogP contribution in [0.3, 0.4) is 0 Å². The van der Waals surface area contributed by atoms with Crippen LogP contribution < -0.4 is 10.6 Å². The Hall–Kier alpha value is -1.02. The van der Waals surface area contributed by atoms with Gasteiger partial charge in [0.2, 0.25) is 0 Å². The molecule has 3 rings (SSSR count). The van der Waals surface area contributed by atoms with Crippen LogP contribution in [-0.4, -0.2) is 13.1 Å². The van der Waals surface area contributed by atoms with Crippen molar-refractivity contribution >= 4 is 5.69 Å². The van der Waals surface area contributed by atoms with E-state index in [4.69, 9.17) is 5.73 Å². The lowest BCUT2D eigenvalue weighted by molar-refractivity contribution is 0.747. The number of anilines is 1. The summed E-state index contributed by atoms with van der Waals surface area (Å²) in [7, 11) is 0. The Bertz CT molecular complexity index is 394. The molecule has 86 valence electrons. The topological polar surface area (TPSA) is 29.3 Å². The van der Waals surface area contributed by atoms with Crippen LogP contribution in [0.4, 0.5) is 5.69 Å². The standard InChI is InChI=1S/C14H20N2/c1-10(15)12-4-5-14-13(8-12)6-7-16(14)9-11-2-3-11/h4-5,8,10-11H,2-3,6-7,9,15H2,1H3. The van der Waals surface area contributed by atoms with E-state index in [1.54, 1.807) is 0 Å². The van der Waals surface area contributed by atoms with Crippen LogP contribution in [0.5, 0.6) is 0 Å². The second-order valence-electron chi connectivity index (χ2n) is 5.32. The molecule has 2 nitrogen and oxygen atoms in total. The molecule has 1 heterocycles. The van der Waals surface area contributed by atoms with E-state index in [9.17, 15) is 0 Å². The van der Waals surface area contributed by atoms with E-state index in [-0.39, 0.29) is 6.04 Å². The predicted octanol–water partition coefficient (Wildman–Crippen LogP) is 2.48. The van der Waals surface area contributed by atoms with Crippen molar-refractivity contribution in [2.75, 3.05) is 18.0 Å². The number of nitrogens with zero attached hydrogens (tertiary/aromatic N) is 1. The van der Waals surface area contributed by atoms with Crippen molar-refractivity contribution in [2.24, 2.45) is 11.7 Å². The molecule has 1 aliphatic heterocycles. The van der Waals surface area contributed by atoms with E-state index in [0.29, 0.717) is 0 Å². The lowest BCUT2D eigenvalue weighted by atomic mass is 10.0. The molecule has 0 amide bonds. The summed E-state index contributed by atoms with van der Waals surface area (Å²) in [6.45, 7) is 4.53. The van der Waals surface area contributed by atoms with Crippen LogP contribution in [0.1, 0.15) is 36.9 Å². The molecule has 2 aliphatic rings. The molecular formula is C14H20N2. The lowest BCUT2D eigenvalue weighted by Crippen LogP contribution is -2.22. The van der Waals surface area contributed by atoms with E-state index in [1.807, 2.05) is 0 Å². The third kappa shape index (κ3) is 1.82. The van der Waals surface area contributed by atoms with E-state index in [0.717, 1.165) is 5.92 Å². The summed E-state index contributed by atoms with van der Waals surface area (Å²) in [5, 5.41) is 0. The van der Waals surface area contributed by atoms with Gasteiger partial charge in [-0.05, 0) is 49.3 Å². The van der Waals surface area contributed by atoms with Gasteiger partial charge in [-0.15, -0.1) is 0 Å². The van der Waals surface area contributed by atoms with Crippen molar-refractivity contribution in [3.05, 3.63) is 29.3 Å². The van der Waals surface area contributed by atoms with Gasteiger partial charge in [0, 0.05) is 24.8 Å². The molecule has 1 aliphatic carbocycles. The summed E-state index contributed by atoms with van der Waals surface area (Å²) in [5.74, 6) is 0.971. The SMILES string of the molecule is CC(N)c1ccc2c(c1)CCN2CC1CC1. The van der Waals surface area contributed by atoms with Gasteiger partial charge in [0.1, 0.15) is 0 Å². The van der Waals surface area contributed by atoms with Crippen LogP contribution in [0.15, 0.2) is 18.2 Å². The second kappa shape index (κ2) is 3.77. The number of hydrogen-bond donors (Lipinski definition) is 1. The highest BCUT2D eigenvalue weighted by molar-refractivity contribution is 5.59. The highest BCUT2D eigenvalue weighted by Gasteiger charge is 2.27. The third-order valence-electron chi connectivity index (χ3n) is 3.80. The Labute approximate surface area is 97.4 Å². The zero-order valence-corrected chi connectivity index (χ0v) is 9.95. The average Bonchev–Trinajstić information content (AvgIpc) is 2.99. The van der Waals surface area contributed by atoms with Crippen LogP contribution in [0.2, 0.25) is 0 Å². The van der Waals surface area contributed by atoms with Gasteiger partial charge in [0.25, 0.3) is 0 Å². The minimum Gasteiger partial charge on any atom is -0.371 e. The molecule has 1 saturated carbocycles. The van der Waals surface area contributed by atoms with Crippen molar-refractivity contribution in [1.29, 1.82) is 0 Å². The normalized spacial score (nSPS) is 21.0. The van der Waals surface area contributed by atoms with E-state index >= 15 is 0 Å². The third-order valence-corrected chi connectivity index (χ3v) is 3.80. The Morgan fingerprint density at radius 1 is 1.44 bits per heavy atom. The molecule has 16 heavy (non-hydrogen) atoms. The van der Waals surface area contributed by atoms with Gasteiger partial charge in [-0.2, -0.15) is 0 Å². The molecule has 1 fully saturated rings. The number of benzene rings is 1. The summed E-state index contributed by atoms with van der Waals surface area (Å²) in [4.78, 5) is 2.55. The van der Waals surface area contributed by atoms with E-state index in [2.05, 4.69) is 30.0 Å². The first kappa shape index (κ1) is 10.2. The molecule has 0 aromatic heterocycles. The fourth-order valence-corrected chi connectivity index (χ4v) is 2.57. The largest absolute Gasteiger partial charge is 0.371 e. The smallest absolute Gasteiger partial charge is 0.0399 e. The number of nitrogens with two attached hydrogens (primary N) is 1. The van der Waals surface area contributed by atoms with Crippen LogP contribution >= 0.6 is 0 Å².